The molecule has 3 aromatic rings. The molecule has 0 fully saturated rings. The minimum atomic E-state index is -3.96. The van der Waals surface area contributed by atoms with Crippen molar-refractivity contribution < 1.29 is 22.3 Å². The molecule has 2 aromatic carbocycles. The zero-order chi connectivity index (χ0) is 21.3. The molecule has 8 heteroatoms. The van der Waals surface area contributed by atoms with Crippen LogP contribution in [-0.2, 0) is 9.84 Å². The van der Waals surface area contributed by atoms with E-state index in [9.17, 15) is 8.42 Å². The molecular formula is C22H24N2O5S. The second-order valence-corrected chi connectivity index (χ2v) is 9.15. The number of oxazole rings is 1. The van der Waals surface area contributed by atoms with E-state index in [1.807, 2.05) is 45.0 Å². The molecule has 0 amide bonds. The molecule has 2 heterocycles. The number of anilines is 1. The lowest BCUT2D eigenvalue weighted by molar-refractivity contribution is 0.171. The van der Waals surface area contributed by atoms with Gasteiger partial charge in [-0.15, -0.1) is 0 Å². The molecule has 0 aliphatic carbocycles. The van der Waals surface area contributed by atoms with Crippen LogP contribution < -0.4 is 14.8 Å². The number of nitrogens with one attached hydrogen (secondary N) is 1. The molecule has 0 bridgehead atoms. The molecular weight excluding hydrogens is 404 g/mol. The van der Waals surface area contributed by atoms with Crippen molar-refractivity contribution in [3.05, 3.63) is 48.0 Å². The van der Waals surface area contributed by atoms with Gasteiger partial charge < -0.3 is 19.2 Å². The Bertz CT molecular complexity index is 1150. The number of benzene rings is 2. The van der Waals surface area contributed by atoms with E-state index in [2.05, 4.69) is 10.3 Å². The molecule has 1 atom stereocenters. The van der Waals surface area contributed by atoms with E-state index in [0.717, 1.165) is 12.0 Å². The summed E-state index contributed by atoms with van der Waals surface area (Å²) in [6, 6.07) is 12.1. The van der Waals surface area contributed by atoms with Gasteiger partial charge in [-0.05, 0) is 44.5 Å². The molecule has 0 saturated carbocycles. The Kier molecular flexibility index (Phi) is 5.42. The third-order valence-electron chi connectivity index (χ3n) is 4.96. The number of sulfone groups is 1. The summed E-state index contributed by atoms with van der Waals surface area (Å²) in [5.74, 6) is 1.31. The van der Waals surface area contributed by atoms with Crippen molar-refractivity contribution in [2.45, 2.75) is 43.2 Å². The van der Waals surface area contributed by atoms with Crippen LogP contribution in [0.4, 0.5) is 5.88 Å². The molecule has 7 nitrogen and oxygen atoms in total. The first-order valence-corrected chi connectivity index (χ1v) is 11.4. The second-order valence-electron chi connectivity index (χ2n) is 7.28. The Hall–Kier alpha value is -3.00. The van der Waals surface area contributed by atoms with E-state index in [0.29, 0.717) is 30.3 Å². The van der Waals surface area contributed by atoms with E-state index in [4.69, 9.17) is 13.9 Å². The van der Waals surface area contributed by atoms with Gasteiger partial charge in [-0.1, -0.05) is 24.6 Å². The summed E-state index contributed by atoms with van der Waals surface area (Å²) in [5, 5.41) is 2.99. The van der Waals surface area contributed by atoms with Crippen molar-refractivity contribution in [3.8, 4) is 23.0 Å². The van der Waals surface area contributed by atoms with Crippen molar-refractivity contribution in [1.29, 1.82) is 0 Å². The summed E-state index contributed by atoms with van der Waals surface area (Å²) in [4.78, 5) is 4.44. The minimum Gasteiger partial charge on any atom is -0.486 e. The van der Waals surface area contributed by atoms with Gasteiger partial charge in [0.15, 0.2) is 11.5 Å². The van der Waals surface area contributed by atoms with Gasteiger partial charge in [-0.25, -0.2) is 8.42 Å². The van der Waals surface area contributed by atoms with Gasteiger partial charge in [0.2, 0.25) is 26.6 Å². The number of rotatable bonds is 6. The first-order valence-electron chi connectivity index (χ1n) is 9.87. The number of ether oxygens (including phenoxy) is 2. The van der Waals surface area contributed by atoms with Crippen LogP contribution in [0.1, 0.15) is 25.8 Å². The molecule has 1 unspecified atom stereocenters. The van der Waals surface area contributed by atoms with E-state index in [-0.39, 0.29) is 27.7 Å². The normalized spacial score (nSPS) is 14.4. The zero-order valence-corrected chi connectivity index (χ0v) is 18.0. The topological polar surface area (TPSA) is 90.7 Å². The largest absolute Gasteiger partial charge is 0.486 e. The zero-order valence-electron chi connectivity index (χ0n) is 17.1. The van der Waals surface area contributed by atoms with Crippen molar-refractivity contribution in [3.63, 3.8) is 0 Å². The van der Waals surface area contributed by atoms with Gasteiger partial charge in [0, 0.05) is 17.7 Å². The highest BCUT2D eigenvalue weighted by Crippen LogP contribution is 2.37. The number of fused-ring (bicyclic) bond motifs is 1. The molecule has 1 aliphatic heterocycles. The van der Waals surface area contributed by atoms with E-state index in [1.165, 1.54) is 12.1 Å². The van der Waals surface area contributed by atoms with Crippen molar-refractivity contribution >= 4 is 15.7 Å². The average molecular weight is 429 g/mol. The highest BCUT2D eigenvalue weighted by Gasteiger charge is 2.30. The van der Waals surface area contributed by atoms with Gasteiger partial charge in [-0.3, -0.25) is 0 Å². The van der Waals surface area contributed by atoms with Gasteiger partial charge >= 0.3 is 0 Å². The number of aromatic nitrogens is 1. The fraction of sp³-hybridized carbons (Fsp3) is 0.318. The summed E-state index contributed by atoms with van der Waals surface area (Å²) in [5.41, 5.74) is 1.80. The summed E-state index contributed by atoms with van der Waals surface area (Å²) < 4.78 is 43.8. The molecule has 0 spiro atoms. The van der Waals surface area contributed by atoms with E-state index in [1.54, 1.807) is 6.07 Å². The monoisotopic (exact) mass is 428 g/mol. The smallest absolute Gasteiger partial charge is 0.234 e. The summed E-state index contributed by atoms with van der Waals surface area (Å²) >= 11 is 0. The SMILES string of the molecule is CCC(C)Nc1oc(-c2ccc(C)cc2)nc1S(=O)(=O)c1ccc2c(c1)OCCO2. The van der Waals surface area contributed by atoms with Crippen LogP contribution in [0.15, 0.2) is 56.8 Å². The average Bonchev–Trinajstić information content (AvgIpc) is 3.18. The maximum Gasteiger partial charge on any atom is 0.234 e. The summed E-state index contributed by atoms with van der Waals surface area (Å²) in [7, 11) is -3.96. The van der Waals surface area contributed by atoms with Crippen LogP contribution in [0.2, 0.25) is 0 Å². The first kappa shape index (κ1) is 20.3. The molecule has 30 heavy (non-hydrogen) atoms. The first-order chi connectivity index (χ1) is 14.4. The van der Waals surface area contributed by atoms with Crippen molar-refractivity contribution in [1.82, 2.24) is 4.98 Å². The number of hydrogen-bond acceptors (Lipinski definition) is 7. The highest BCUT2D eigenvalue weighted by molar-refractivity contribution is 7.91. The van der Waals surface area contributed by atoms with Crippen LogP contribution >= 0.6 is 0 Å². The number of hydrogen-bond donors (Lipinski definition) is 1. The predicted molar refractivity (Wildman–Crippen MR) is 113 cm³/mol. The van der Waals surface area contributed by atoms with Crippen LogP contribution in [0.3, 0.4) is 0 Å². The molecule has 0 radical (unpaired) electrons. The molecule has 0 saturated heterocycles. The minimum absolute atomic E-state index is 0.0121. The fourth-order valence-corrected chi connectivity index (χ4v) is 4.31. The third-order valence-corrected chi connectivity index (χ3v) is 6.62. The maximum atomic E-state index is 13.5. The van der Waals surface area contributed by atoms with Gasteiger partial charge in [-0.2, -0.15) is 4.98 Å². The Labute approximate surface area is 176 Å². The Balaban J connectivity index is 1.80. The van der Waals surface area contributed by atoms with Gasteiger partial charge in [0.25, 0.3) is 0 Å². The maximum absolute atomic E-state index is 13.5. The fourth-order valence-electron chi connectivity index (χ4n) is 3.03. The van der Waals surface area contributed by atoms with Crippen LogP contribution in [0, 0.1) is 6.92 Å². The molecule has 4 rings (SSSR count). The lowest BCUT2D eigenvalue weighted by Crippen LogP contribution is -2.17. The van der Waals surface area contributed by atoms with Gasteiger partial charge in [0.1, 0.15) is 13.2 Å². The molecule has 1 aliphatic rings. The molecule has 1 aromatic heterocycles. The van der Waals surface area contributed by atoms with Crippen molar-refractivity contribution in [2.75, 3.05) is 18.5 Å². The standard InChI is InChI=1S/C22H24N2O5S/c1-4-15(3)23-21-22(24-20(29-21)16-7-5-14(2)6-8-16)30(25,26)17-9-10-18-19(13-17)28-12-11-27-18/h5-10,13,15,23H,4,11-12H2,1-3H3. The Morgan fingerprint density at radius 3 is 2.47 bits per heavy atom. The predicted octanol–water partition coefficient (Wildman–Crippen LogP) is 4.46. The van der Waals surface area contributed by atoms with Crippen LogP contribution in [-0.4, -0.2) is 32.7 Å². The Morgan fingerprint density at radius 2 is 1.77 bits per heavy atom. The number of aryl methyl sites for hydroxylation is 1. The second kappa shape index (κ2) is 8.02. The summed E-state index contributed by atoms with van der Waals surface area (Å²) in [6.07, 6.45) is 0.796. The van der Waals surface area contributed by atoms with E-state index >= 15 is 0 Å². The molecule has 158 valence electrons. The summed E-state index contributed by atoms with van der Waals surface area (Å²) in [6.45, 7) is 6.75. The lowest BCUT2D eigenvalue weighted by Gasteiger charge is -2.18. The van der Waals surface area contributed by atoms with Crippen LogP contribution in [0.5, 0.6) is 11.5 Å². The van der Waals surface area contributed by atoms with E-state index < -0.39 is 9.84 Å². The Morgan fingerprint density at radius 1 is 1.07 bits per heavy atom. The van der Waals surface area contributed by atoms with Crippen molar-refractivity contribution in [2.24, 2.45) is 0 Å². The van der Waals surface area contributed by atoms with Crippen LogP contribution in [0.25, 0.3) is 11.5 Å². The number of nitrogens with zero attached hydrogens (tertiary/aromatic N) is 1. The lowest BCUT2D eigenvalue weighted by atomic mass is 10.1. The molecule has 1 N–H and O–H groups in total. The third kappa shape index (κ3) is 3.87. The van der Waals surface area contributed by atoms with Gasteiger partial charge in [0.05, 0.1) is 4.90 Å². The highest BCUT2D eigenvalue weighted by atomic mass is 32.2. The quantitative estimate of drug-likeness (QED) is 0.620.